The molecule has 1 atom stereocenters. The van der Waals surface area contributed by atoms with Crippen molar-refractivity contribution >= 4 is 27.4 Å². The fourth-order valence-corrected chi connectivity index (χ4v) is 6.42. The number of anilines is 1. The van der Waals surface area contributed by atoms with Crippen LogP contribution < -0.4 is 9.75 Å². The van der Waals surface area contributed by atoms with Gasteiger partial charge in [-0.3, -0.25) is 9.35 Å². The van der Waals surface area contributed by atoms with Crippen molar-refractivity contribution in [1.82, 2.24) is 0 Å². The van der Waals surface area contributed by atoms with E-state index < -0.39 is 15.0 Å². The summed E-state index contributed by atoms with van der Waals surface area (Å²) in [4.78, 5) is 13.0. The minimum Gasteiger partial charge on any atom is -0.456 e. The Bertz CT molecular complexity index is 1260. The summed E-state index contributed by atoms with van der Waals surface area (Å²) in [6, 6.07) is 13.0. The van der Waals surface area contributed by atoms with Gasteiger partial charge in [-0.25, -0.2) is 5.01 Å². The number of benzene rings is 2. The number of ether oxygens (including phenoxy) is 1. The SMILES string of the molecule is CCCCCCCCCCCCCCCCCC1=NN(c2ccc(Oc3ccccc3)c(S(=O)(=O)O)c2)C(=O)C1C(C)C. The van der Waals surface area contributed by atoms with Crippen molar-refractivity contribution in [3.05, 3.63) is 48.5 Å². The lowest BCUT2D eigenvalue weighted by Crippen LogP contribution is -2.31. The fourth-order valence-electron chi connectivity index (χ4n) is 5.78. The zero-order valence-corrected chi connectivity index (χ0v) is 27.3. The van der Waals surface area contributed by atoms with E-state index in [4.69, 9.17) is 4.74 Å². The largest absolute Gasteiger partial charge is 0.456 e. The number of carbonyl (C=O) groups excluding carboxylic acids is 1. The predicted octanol–water partition coefficient (Wildman–Crippen LogP) is 9.96. The van der Waals surface area contributed by atoms with Crippen LogP contribution >= 0.6 is 0 Å². The number of unbranched alkanes of at least 4 members (excludes halogenated alkanes) is 14. The van der Waals surface area contributed by atoms with Crippen molar-refractivity contribution in [2.24, 2.45) is 16.9 Å². The molecule has 2 aromatic rings. The number of amides is 1. The van der Waals surface area contributed by atoms with Crippen LogP contribution in [0.1, 0.15) is 124 Å². The van der Waals surface area contributed by atoms with Crippen molar-refractivity contribution in [2.45, 2.75) is 128 Å². The third-order valence-corrected chi connectivity index (χ3v) is 9.06. The van der Waals surface area contributed by atoms with E-state index in [9.17, 15) is 17.8 Å². The Labute approximate surface area is 259 Å². The van der Waals surface area contributed by atoms with Gasteiger partial charge in [0.25, 0.3) is 16.0 Å². The minimum atomic E-state index is -4.62. The highest BCUT2D eigenvalue weighted by Crippen LogP contribution is 2.36. The average Bonchev–Trinajstić information content (AvgIpc) is 3.31. The molecule has 0 bridgehead atoms. The Balaban J connectivity index is 1.48. The van der Waals surface area contributed by atoms with Gasteiger partial charge in [0.2, 0.25) is 0 Å². The molecule has 0 aliphatic carbocycles. The van der Waals surface area contributed by atoms with E-state index in [0.717, 1.165) is 25.0 Å². The Kier molecular flexibility index (Phi) is 14.7. The Morgan fingerprint density at radius 2 is 1.35 bits per heavy atom. The second-order valence-corrected chi connectivity index (χ2v) is 13.6. The van der Waals surface area contributed by atoms with E-state index in [1.165, 1.54) is 101 Å². The molecular formula is C35H52N2O5S. The normalized spacial score (nSPS) is 15.4. The first-order chi connectivity index (χ1) is 20.7. The van der Waals surface area contributed by atoms with Crippen LogP contribution in [0.2, 0.25) is 0 Å². The van der Waals surface area contributed by atoms with Crippen LogP contribution in [0, 0.1) is 11.8 Å². The number of hydrazone groups is 1. The molecule has 0 aromatic heterocycles. The zero-order chi connectivity index (χ0) is 31.1. The first kappa shape index (κ1) is 34.8. The number of hydrogen-bond donors (Lipinski definition) is 1. The molecule has 1 aliphatic rings. The summed E-state index contributed by atoms with van der Waals surface area (Å²) in [5, 5.41) is 5.95. The van der Waals surface area contributed by atoms with Crippen LogP contribution in [0.15, 0.2) is 58.5 Å². The third kappa shape index (κ3) is 11.4. The Hall–Kier alpha value is -2.71. The molecule has 0 saturated heterocycles. The number of hydrogen-bond acceptors (Lipinski definition) is 5. The first-order valence-corrected chi connectivity index (χ1v) is 17.9. The predicted molar refractivity (Wildman–Crippen MR) is 176 cm³/mol. The van der Waals surface area contributed by atoms with Crippen LogP contribution in [0.4, 0.5) is 5.69 Å². The van der Waals surface area contributed by atoms with Gasteiger partial charge in [-0.1, -0.05) is 129 Å². The van der Waals surface area contributed by atoms with Crippen molar-refractivity contribution in [2.75, 3.05) is 5.01 Å². The van der Waals surface area contributed by atoms with Gasteiger partial charge >= 0.3 is 0 Å². The molecule has 0 radical (unpaired) electrons. The standard InChI is InChI=1S/C35H52N2O5S/c1-4-5-6-7-8-9-10-11-12-13-14-15-16-17-21-24-31-34(28(2)3)35(38)37(36-31)29-25-26-32(33(27-29)43(39,40)41)42-30-22-19-18-20-23-30/h18-20,22-23,25-28,34H,4-17,21,24H2,1-3H3,(H,39,40,41). The second-order valence-electron chi connectivity index (χ2n) is 12.2. The fraction of sp³-hybridized carbons (Fsp3) is 0.600. The summed E-state index contributed by atoms with van der Waals surface area (Å²) < 4.78 is 40.1. The molecule has 3 rings (SSSR count). The van der Waals surface area contributed by atoms with Crippen molar-refractivity contribution in [3.63, 3.8) is 0 Å². The monoisotopic (exact) mass is 612 g/mol. The third-order valence-electron chi connectivity index (χ3n) is 8.19. The van der Waals surface area contributed by atoms with Gasteiger partial charge in [0.15, 0.2) is 0 Å². The quantitative estimate of drug-likeness (QED) is 0.112. The van der Waals surface area contributed by atoms with Gasteiger partial charge < -0.3 is 4.74 Å². The topological polar surface area (TPSA) is 96.3 Å². The maximum absolute atomic E-state index is 13.4. The lowest BCUT2D eigenvalue weighted by atomic mass is 9.88. The number of para-hydroxylation sites is 1. The van der Waals surface area contributed by atoms with Crippen LogP contribution in [0.3, 0.4) is 0 Å². The molecule has 8 heteroatoms. The Morgan fingerprint density at radius 1 is 0.814 bits per heavy atom. The number of carbonyl (C=O) groups is 1. The zero-order valence-electron chi connectivity index (χ0n) is 26.5. The molecule has 1 N–H and O–H groups in total. The van der Waals surface area contributed by atoms with E-state index in [1.807, 2.05) is 19.9 Å². The van der Waals surface area contributed by atoms with Gasteiger partial charge in [0.1, 0.15) is 16.4 Å². The molecule has 1 amide bonds. The van der Waals surface area contributed by atoms with E-state index >= 15 is 0 Å². The van der Waals surface area contributed by atoms with E-state index in [0.29, 0.717) is 5.75 Å². The van der Waals surface area contributed by atoms with E-state index in [1.54, 1.807) is 30.3 Å². The van der Waals surface area contributed by atoms with Gasteiger partial charge in [0, 0.05) is 0 Å². The first-order valence-electron chi connectivity index (χ1n) is 16.5. The highest BCUT2D eigenvalue weighted by atomic mass is 32.2. The van der Waals surface area contributed by atoms with Crippen LogP contribution in [0.25, 0.3) is 0 Å². The minimum absolute atomic E-state index is 0.0217. The second kappa shape index (κ2) is 18.2. The van der Waals surface area contributed by atoms with Crippen molar-refractivity contribution in [1.29, 1.82) is 0 Å². The highest BCUT2D eigenvalue weighted by molar-refractivity contribution is 7.86. The molecule has 0 saturated carbocycles. The molecular weight excluding hydrogens is 560 g/mol. The van der Waals surface area contributed by atoms with Crippen LogP contribution in [0.5, 0.6) is 11.5 Å². The molecule has 1 unspecified atom stereocenters. The summed E-state index contributed by atoms with van der Waals surface area (Å²) in [6.45, 7) is 6.28. The van der Waals surface area contributed by atoms with Crippen LogP contribution in [-0.2, 0) is 14.9 Å². The summed E-state index contributed by atoms with van der Waals surface area (Å²) in [5.74, 6) is -0.0491. The molecule has 7 nitrogen and oxygen atoms in total. The Morgan fingerprint density at radius 3 is 1.86 bits per heavy atom. The lowest BCUT2D eigenvalue weighted by molar-refractivity contribution is -0.120. The number of rotatable bonds is 21. The average molecular weight is 613 g/mol. The smallest absolute Gasteiger partial charge is 0.298 e. The molecule has 1 aliphatic heterocycles. The van der Waals surface area contributed by atoms with Crippen molar-refractivity contribution < 1.29 is 22.5 Å². The summed E-state index contributed by atoms with van der Waals surface area (Å²) in [6.07, 6.45) is 20.2. The molecule has 0 spiro atoms. The highest BCUT2D eigenvalue weighted by Gasteiger charge is 2.38. The summed E-state index contributed by atoms with van der Waals surface area (Å²) in [5.41, 5.74) is 1.13. The summed E-state index contributed by atoms with van der Waals surface area (Å²) in [7, 11) is -4.62. The van der Waals surface area contributed by atoms with Crippen LogP contribution in [-0.4, -0.2) is 24.6 Å². The van der Waals surface area contributed by atoms with Crippen molar-refractivity contribution in [3.8, 4) is 11.5 Å². The molecule has 1 heterocycles. The molecule has 2 aromatic carbocycles. The van der Waals surface area contributed by atoms with E-state index in [-0.39, 0.29) is 29.2 Å². The van der Waals surface area contributed by atoms with E-state index in [2.05, 4.69) is 12.0 Å². The molecule has 43 heavy (non-hydrogen) atoms. The van der Waals surface area contributed by atoms with Gasteiger partial charge in [0.05, 0.1) is 17.3 Å². The molecule has 238 valence electrons. The molecule has 0 fully saturated rings. The van der Waals surface area contributed by atoms with Gasteiger partial charge in [-0.15, -0.1) is 0 Å². The van der Waals surface area contributed by atoms with Gasteiger partial charge in [-0.2, -0.15) is 13.5 Å². The lowest BCUT2D eigenvalue weighted by Gasteiger charge is -2.18. The maximum atomic E-state index is 13.4. The maximum Gasteiger partial charge on any atom is 0.298 e. The number of nitrogens with zero attached hydrogens (tertiary/aromatic N) is 2. The van der Waals surface area contributed by atoms with Gasteiger partial charge in [-0.05, 0) is 49.1 Å². The summed E-state index contributed by atoms with van der Waals surface area (Å²) >= 11 is 0.